The Hall–Kier alpha value is -0.900. The lowest BCUT2D eigenvalue weighted by Gasteiger charge is -2.36. The highest BCUT2D eigenvalue weighted by Gasteiger charge is 2.38. The van der Waals surface area contributed by atoms with Gasteiger partial charge in [-0.2, -0.15) is 0 Å². The molecule has 1 amide bonds. The molecular formula is C20H36N2O2. The molecule has 2 saturated carbocycles. The summed E-state index contributed by atoms with van der Waals surface area (Å²) < 4.78 is 6.26. The monoisotopic (exact) mass is 336 g/mol. The van der Waals surface area contributed by atoms with E-state index in [9.17, 15) is 4.79 Å². The fourth-order valence-corrected chi connectivity index (χ4v) is 4.43. The van der Waals surface area contributed by atoms with Crippen molar-refractivity contribution in [3.63, 3.8) is 0 Å². The van der Waals surface area contributed by atoms with Gasteiger partial charge in [-0.3, -0.25) is 10.2 Å². The van der Waals surface area contributed by atoms with Crippen molar-refractivity contribution in [1.29, 1.82) is 5.41 Å². The van der Waals surface area contributed by atoms with Crippen LogP contribution >= 0.6 is 0 Å². The number of ether oxygens (including phenoxy) is 1. The van der Waals surface area contributed by atoms with Crippen LogP contribution in [0.15, 0.2) is 0 Å². The van der Waals surface area contributed by atoms with Gasteiger partial charge in [-0.05, 0) is 32.1 Å². The molecule has 4 heteroatoms. The third-order valence-electron chi connectivity index (χ3n) is 5.93. The quantitative estimate of drug-likeness (QED) is 0.414. The highest BCUT2D eigenvalue weighted by atomic mass is 16.5. The van der Waals surface area contributed by atoms with E-state index in [0.29, 0.717) is 18.6 Å². The fourth-order valence-electron chi connectivity index (χ4n) is 4.43. The van der Waals surface area contributed by atoms with E-state index in [1.165, 1.54) is 62.7 Å². The van der Waals surface area contributed by atoms with Crippen molar-refractivity contribution in [2.75, 3.05) is 13.7 Å². The molecule has 2 aliphatic carbocycles. The Balaban J connectivity index is 1.99. The molecule has 2 rings (SSSR count). The van der Waals surface area contributed by atoms with Gasteiger partial charge < -0.3 is 9.64 Å². The predicted octanol–water partition coefficient (Wildman–Crippen LogP) is 4.77. The first kappa shape index (κ1) is 19.4. The summed E-state index contributed by atoms with van der Waals surface area (Å²) >= 11 is 0. The normalized spacial score (nSPS) is 23.2. The molecule has 0 spiro atoms. The van der Waals surface area contributed by atoms with Crippen LogP contribution in [0.4, 0.5) is 0 Å². The summed E-state index contributed by atoms with van der Waals surface area (Å²) in [4.78, 5) is 14.3. The standard InChI is InChI=1S/C20H36N2O2/c1-20(19(23)22(2)16-21,14-17-10-6-5-7-11-17)15-24-18-12-8-3-4-9-13-18/h16-18,21H,3-15H2,1-2H3. The van der Waals surface area contributed by atoms with Crippen molar-refractivity contribution in [1.82, 2.24) is 4.90 Å². The molecule has 0 heterocycles. The summed E-state index contributed by atoms with van der Waals surface area (Å²) in [5.74, 6) is 0.668. The minimum atomic E-state index is -0.499. The lowest BCUT2D eigenvalue weighted by atomic mass is 9.75. The van der Waals surface area contributed by atoms with Gasteiger partial charge in [-0.1, -0.05) is 57.8 Å². The van der Waals surface area contributed by atoms with Crippen molar-refractivity contribution < 1.29 is 9.53 Å². The van der Waals surface area contributed by atoms with Crippen LogP contribution in [0, 0.1) is 16.7 Å². The SMILES string of the molecule is CN(C=N)C(=O)C(C)(COC1CCCCCC1)CC1CCCCC1. The van der Waals surface area contributed by atoms with Gasteiger partial charge in [0, 0.05) is 7.05 Å². The van der Waals surface area contributed by atoms with Crippen molar-refractivity contribution in [3.8, 4) is 0 Å². The van der Waals surface area contributed by atoms with E-state index in [4.69, 9.17) is 10.1 Å². The molecule has 0 bridgehead atoms. The van der Waals surface area contributed by atoms with Crippen molar-refractivity contribution in [2.24, 2.45) is 11.3 Å². The van der Waals surface area contributed by atoms with E-state index in [1.807, 2.05) is 0 Å². The molecule has 1 atom stereocenters. The Bertz CT molecular complexity index is 398. The minimum absolute atomic E-state index is 0.0386. The van der Waals surface area contributed by atoms with Crippen LogP contribution in [0.25, 0.3) is 0 Å². The first-order chi connectivity index (χ1) is 11.5. The number of carbonyl (C=O) groups excluding carboxylic acids is 1. The van der Waals surface area contributed by atoms with Gasteiger partial charge in [0.15, 0.2) is 0 Å². The Morgan fingerprint density at radius 2 is 1.62 bits per heavy atom. The molecule has 24 heavy (non-hydrogen) atoms. The molecule has 0 radical (unpaired) electrons. The van der Waals surface area contributed by atoms with Gasteiger partial charge in [0.05, 0.1) is 24.5 Å². The predicted molar refractivity (Wildman–Crippen MR) is 98.3 cm³/mol. The average Bonchev–Trinajstić information content (AvgIpc) is 2.88. The van der Waals surface area contributed by atoms with Gasteiger partial charge in [0.25, 0.3) is 0 Å². The van der Waals surface area contributed by atoms with E-state index in [2.05, 4.69) is 6.92 Å². The molecule has 0 aromatic carbocycles. The van der Waals surface area contributed by atoms with Gasteiger partial charge in [-0.15, -0.1) is 0 Å². The number of hydrogen-bond acceptors (Lipinski definition) is 3. The highest BCUT2D eigenvalue weighted by Crippen LogP contribution is 2.37. The second-order valence-corrected chi connectivity index (χ2v) is 8.24. The molecule has 4 nitrogen and oxygen atoms in total. The van der Waals surface area contributed by atoms with Crippen LogP contribution in [0.1, 0.15) is 84.0 Å². The Morgan fingerprint density at radius 1 is 1.08 bits per heavy atom. The van der Waals surface area contributed by atoms with Crippen LogP contribution in [-0.4, -0.2) is 36.9 Å². The number of nitrogens with one attached hydrogen (secondary N) is 1. The molecule has 1 N–H and O–H groups in total. The van der Waals surface area contributed by atoms with E-state index >= 15 is 0 Å². The zero-order chi connectivity index (χ0) is 17.4. The lowest BCUT2D eigenvalue weighted by Crippen LogP contribution is -2.44. The summed E-state index contributed by atoms with van der Waals surface area (Å²) in [6.45, 7) is 2.56. The van der Waals surface area contributed by atoms with Gasteiger partial charge >= 0.3 is 0 Å². The maximum atomic E-state index is 12.9. The van der Waals surface area contributed by atoms with Gasteiger partial charge in [0.1, 0.15) is 0 Å². The summed E-state index contributed by atoms with van der Waals surface area (Å²) in [7, 11) is 1.69. The number of nitrogens with zero attached hydrogens (tertiary/aromatic N) is 1. The topological polar surface area (TPSA) is 53.4 Å². The molecule has 138 valence electrons. The van der Waals surface area contributed by atoms with E-state index in [0.717, 1.165) is 25.6 Å². The summed E-state index contributed by atoms with van der Waals surface area (Å²) in [5, 5.41) is 7.43. The van der Waals surface area contributed by atoms with E-state index < -0.39 is 5.41 Å². The summed E-state index contributed by atoms with van der Waals surface area (Å²) in [6, 6.07) is 0. The van der Waals surface area contributed by atoms with Crippen molar-refractivity contribution >= 4 is 12.2 Å². The van der Waals surface area contributed by atoms with Crippen LogP contribution < -0.4 is 0 Å². The van der Waals surface area contributed by atoms with Gasteiger partial charge in [-0.25, -0.2) is 0 Å². The van der Waals surface area contributed by atoms with Crippen LogP contribution in [0.3, 0.4) is 0 Å². The average molecular weight is 337 g/mol. The molecule has 1 unspecified atom stereocenters. The first-order valence-electron chi connectivity index (χ1n) is 9.94. The third kappa shape index (κ3) is 5.58. The third-order valence-corrected chi connectivity index (χ3v) is 5.93. The smallest absolute Gasteiger partial charge is 0.235 e. The molecule has 0 aliphatic heterocycles. The lowest BCUT2D eigenvalue weighted by molar-refractivity contribution is -0.143. The molecule has 0 aromatic rings. The molecule has 0 aromatic heterocycles. The number of amides is 1. The maximum Gasteiger partial charge on any atom is 0.235 e. The van der Waals surface area contributed by atoms with Crippen LogP contribution in [-0.2, 0) is 9.53 Å². The zero-order valence-corrected chi connectivity index (χ0v) is 15.7. The second-order valence-electron chi connectivity index (χ2n) is 8.24. The van der Waals surface area contributed by atoms with Crippen molar-refractivity contribution in [2.45, 2.75) is 90.1 Å². The molecular weight excluding hydrogens is 300 g/mol. The zero-order valence-electron chi connectivity index (χ0n) is 15.7. The first-order valence-corrected chi connectivity index (χ1v) is 9.94. The molecule has 2 aliphatic rings. The Morgan fingerprint density at radius 3 is 2.21 bits per heavy atom. The van der Waals surface area contributed by atoms with E-state index in [1.54, 1.807) is 7.05 Å². The van der Waals surface area contributed by atoms with Gasteiger partial charge in [0.2, 0.25) is 5.91 Å². The van der Waals surface area contributed by atoms with Crippen LogP contribution in [0.5, 0.6) is 0 Å². The number of hydrogen-bond donors (Lipinski definition) is 1. The molecule has 2 fully saturated rings. The summed E-state index contributed by atoms with van der Waals surface area (Å²) in [6.07, 6.45) is 16.1. The van der Waals surface area contributed by atoms with Crippen molar-refractivity contribution in [3.05, 3.63) is 0 Å². The number of carbonyl (C=O) groups is 1. The van der Waals surface area contributed by atoms with E-state index in [-0.39, 0.29) is 5.91 Å². The maximum absolute atomic E-state index is 12.9. The van der Waals surface area contributed by atoms with Crippen LogP contribution in [0.2, 0.25) is 0 Å². The Kier molecular flexibility index (Phi) is 7.73. The largest absolute Gasteiger partial charge is 0.377 e. The summed E-state index contributed by atoms with van der Waals surface area (Å²) in [5.41, 5.74) is -0.499. The molecule has 0 saturated heterocycles. The second kappa shape index (κ2) is 9.55. The highest BCUT2D eigenvalue weighted by molar-refractivity contribution is 5.90. The minimum Gasteiger partial charge on any atom is -0.377 e. The Labute approximate surface area is 147 Å². The number of rotatable bonds is 7. The fraction of sp³-hybridized carbons (Fsp3) is 0.900.